The van der Waals surface area contributed by atoms with Crippen LogP contribution < -0.4 is 15.8 Å². The first-order valence-electron chi connectivity index (χ1n) is 5.43. The lowest BCUT2D eigenvalue weighted by atomic mass is 10.2. The van der Waals surface area contributed by atoms with Gasteiger partial charge in [0, 0.05) is 18.0 Å². The maximum atomic E-state index is 5.97. The summed E-state index contributed by atoms with van der Waals surface area (Å²) in [6, 6.07) is 7.60. The Hall–Kier alpha value is -1.75. The zero-order chi connectivity index (χ0) is 13.1. The molecule has 2 aromatic rings. The molecule has 0 unspecified atom stereocenters. The molecule has 0 aliphatic carbocycles. The monoisotopic (exact) mass is 307 g/mol. The van der Waals surface area contributed by atoms with Gasteiger partial charge in [-0.2, -0.15) is 0 Å². The number of benzene rings is 1. The van der Waals surface area contributed by atoms with Crippen molar-refractivity contribution in [2.24, 2.45) is 0 Å². The average molecular weight is 308 g/mol. The minimum absolute atomic E-state index is 0.652. The van der Waals surface area contributed by atoms with Crippen LogP contribution in [0.2, 0.25) is 0 Å². The maximum Gasteiger partial charge on any atom is 0.153 e. The number of anilines is 3. The fraction of sp³-hybridized carbons (Fsp3) is 0.154. The zero-order valence-corrected chi connectivity index (χ0v) is 11.8. The van der Waals surface area contributed by atoms with Gasteiger partial charge in [0.15, 0.2) is 5.82 Å². The molecule has 0 saturated heterocycles. The van der Waals surface area contributed by atoms with Crippen LogP contribution in [0.1, 0.15) is 5.56 Å². The second-order valence-corrected chi connectivity index (χ2v) is 4.72. The predicted molar refractivity (Wildman–Crippen MR) is 77.4 cm³/mol. The number of rotatable bonds is 3. The third-order valence-electron chi connectivity index (χ3n) is 2.62. The summed E-state index contributed by atoms with van der Waals surface area (Å²) in [5.74, 6) is 1.41. The normalized spacial score (nSPS) is 10.2. The second kappa shape index (κ2) is 5.27. The second-order valence-electron chi connectivity index (χ2n) is 3.86. The quantitative estimate of drug-likeness (QED) is 0.911. The summed E-state index contributed by atoms with van der Waals surface area (Å²) in [4.78, 5) is 4.22. The van der Waals surface area contributed by atoms with Crippen LogP contribution in [0.5, 0.6) is 5.75 Å². The summed E-state index contributed by atoms with van der Waals surface area (Å²) in [6.07, 6.45) is 1.73. The lowest BCUT2D eigenvalue weighted by Gasteiger charge is -2.11. The Labute approximate surface area is 114 Å². The molecule has 2 rings (SSSR count). The first-order valence-corrected chi connectivity index (χ1v) is 6.22. The first kappa shape index (κ1) is 12.7. The first-order chi connectivity index (χ1) is 8.61. The largest absolute Gasteiger partial charge is 0.495 e. The van der Waals surface area contributed by atoms with Crippen molar-refractivity contribution >= 4 is 33.1 Å². The van der Waals surface area contributed by atoms with Crippen LogP contribution in [0, 0.1) is 6.92 Å². The highest BCUT2D eigenvalue weighted by molar-refractivity contribution is 9.10. The van der Waals surface area contributed by atoms with Gasteiger partial charge in [0.25, 0.3) is 0 Å². The fourth-order valence-corrected chi connectivity index (χ4v) is 1.95. The number of nitrogens with one attached hydrogen (secondary N) is 1. The van der Waals surface area contributed by atoms with E-state index in [4.69, 9.17) is 10.5 Å². The number of aryl methyl sites for hydroxylation is 1. The average Bonchev–Trinajstić information content (AvgIpc) is 2.37. The Morgan fingerprint density at radius 2 is 2.11 bits per heavy atom. The van der Waals surface area contributed by atoms with Crippen molar-refractivity contribution in [3.8, 4) is 5.75 Å². The summed E-state index contributed by atoms with van der Waals surface area (Å²) in [5.41, 5.74) is 8.49. The van der Waals surface area contributed by atoms with Gasteiger partial charge in [0.1, 0.15) is 5.75 Å². The van der Waals surface area contributed by atoms with Crippen molar-refractivity contribution < 1.29 is 4.74 Å². The van der Waals surface area contributed by atoms with E-state index < -0.39 is 0 Å². The van der Waals surface area contributed by atoms with E-state index in [9.17, 15) is 0 Å². The molecule has 0 aliphatic heterocycles. The van der Waals surface area contributed by atoms with Gasteiger partial charge < -0.3 is 15.8 Å². The molecule has 0 radical (unpaired) electrons. The zero-order valence-electron chi connectivity index (χ0n) is 10.2. The van der Waals surface area contributed by atoms with Gasteiger partial charge >= 0.3 is 0 Å². The summed E-state index contributed by atoms with van der Waals surface area (Å²) >= 11 is 3.41. The van der Waals surface area contributed by atoms with E-state index in [0.717, 1.165) is 21.5 Å². The van der Waals surface area contributed by atoms with Crippen LogP contribution in [0.3, 0.4) is 0 Å². The number of halogens is 1. The number of pyridine rings is 1. The van der Waals surface area contributed by atoms with Crippen LogP contribution in [0.15, 0.2) is 34.9 Å². The number of ether oxygens (including phenoxy) is 1. The summed E-state index contributed by atoms with van der Waals surface area (Å²) in [5, 5.41) is 3.18. The van der Waals surface area contributed by atoms with Crippen LogP contribution in [-0.2, 0) is 0 Å². The number of hydrogen-bond acceptors (Lipinski definition) is 4. The molecule has 0 fully saturated rings. The summed E-state index contributed by atoms with van der Waals surface area (Å²) in [6.45, 7) is 1.95. The Morgan fingerprint density at radius 1 is 1.33 bits per heavy atom. The van der Waals surface area contributed by atoms with Gasteiger partial charge in [-0.15, -0.1) is 0 Å². The fourth-order valence-electron chi connectivity index (χ4n) is 1.54. The predicted octanol–water partition coefficient (Wildman–Crippen LogP) is 3.49. The van der Waals surface area contributed by atoms with E-state index in [-0.39, 0.29) is 0 Å². The van der Waals surface area contributed by atoms with Crippen molar-refractivity contribution in [1.82, 2.24) is 4.98 Å². The molecule has 0 saturated carbocycles. The molecular formula is C13H14BrN3O. The summed E-state index contributed by atoms with van der Waals surface area (Å²) in [7, 11) is 1.63. The highest BCUT2D eigenvalue weighted by Gasteiger charge is 2.06. The van der Waals surface area contributed by atoms with E-state index in [1.807, 2.05) is 31.2 Å². The smallest absolute Gasteiger partial charge is 0.153 e. The molecular weight excluding hydrogens is 294 g/mol. The van der Waals surface area contributed by atoms with Gasteiger partial charge in [-0.3, -0.25) is 0 Å². The van der Waals surface area contributed by atoms with E-state index >= 15 is 0 Å². The standard InChI is InChI=1S/C13H14BrN3O/c1-8-5-6-16-13(12(8)15)17-9-3-4-10(14)11(7-9)18-2/h3-7H,15H2,1-2H3,(H,16,17). The number of nitrogens with two attached hydrogens (primary N) is 1. The van der Waals surface area contributed by atoms with Gasteiger partial charge in [-0.25, -0.2) is 4.98 Å². The van der Waals surface area contributed by atoms with Crippen LogP contribution >= 0.6 is 15.9 Å². The Bertz CT molecular complexity index is 572. The lowest BCUT2D eigenvalue weighted by molar-refractivity contribution is 0.412. The van der Waals surface area contributed by atoms with E-state index in [1.165, 1.54) is 0 Å². The highest BCUT2D eigenvalue weighted by atomic mass is 79.9. The van der Waals surface area contributed by atoms with E-state index in [0.29, 0.717) is 11.5 Å². The Kier molecular flexibility index (Phi) is 3.72. The van der Waals surface area contributed by atoms with E-state index in [2.05, 4.69) is 26.2 Å². The van der Waals surface area contributed by atoms with E-state index in [1.54, 1.807) is 13.3 Å². The third kappa shape index (κ3) is 2.56. The van der Waals surface area contributed by atoms with Crippen molar-refractivity contribution in [3.05, 3.63) is 40.5 Å². The molecule has 0 aliphatic rings. The lowest BCUT2D eigenvalue weighted by Crippen LogP contribution is -2.01. The molecule has 0 amide bonds. The molecule has 3 N–H and O–H groups in total. The minimum atomic E-state index is 0.652. The summed E-state index contributed by atoms with van der Waals surface area (Å²) < 4.78 is 6.14. The third-order valence-corrected chi connectivity index (χ3v) is 3.28. The maximum absolute atomic E-state index is 5.97. The molecule has 4 nitrogen and oxygen atoms in total. The van der Waals surface area contributed by atoms with Gasteiger partial charge in [-0.1, -0.05) is 0 Å². The SMILES string of the molecule is COc1cc(Nc2nccc(C)c2N)ccc1Br. The molecule has 18 heavy (non-hydrogen) atoms. The van der Waals surface area contributed by atoms with Crippen LogP contribution in [0.25, 0.3) is 0 Å². The van der Waals surface area contributed by atoms with Crippen molar-refractivity contribution in [3.63, 3.8) is 0 Å². The number of nitrogen functional groups attached to an aromatic ring is 1. The molecule has 1 aromatic carbocycles. The molecule has 94 valence electrons. The number of hydrogen-bond donors (Lipinski definition) is 2. The van der Waals surface area contributed by atoms with Crippen LogP contribution in [-0.4, -0.2) is 12.1 Å². The van der Waals surface area contributed by atoms with Crippen LogP contribution in [0.4, 0.5) is 17.2 Å². The van der Waals surface area contributed by atoms with Crippen molar-refractivity contribution in [2.45, 2.75) is 6.92 Å². The number of aromatic nitrogens is 1. The molecule has 1 heterocycles. The van der Waals surface area contributed by atoms with Crippen molar-refractivity contribution in [1.29, 1.82) is 0 Å². The van der Waals surface area contributed by atoms with Gasteiger partial charge in [-0.05, 0) is 46.6 Å². The molecule has 0 bridgehead atoms. The Balaban J connectivity index is 2.31. The molecule has 0 atom stereocenters. The van der Waals surface area contributed by atoms with Crippen molar-refractivity contribution in [2.75, 3.05) is 18.2 Å². The highest BCUT2D eigenvalue weighted by Crippen LogP contribution is 2.30. The number of nitrogens with zero attached hydrogens (tertiary/aromatic N) is 1. The molecule has 0 spiro atoms. The minimum Gasteiger partial charge on any atom is -0.495 e. The molecule has 5 heteroatoms. The van der Waals surface area contributed by atoms with Gasteiger partial charge in [0.2, 0.25) is 0 Å². The topological polar surface area (TPSA) is 60.2 Å². The number of methoxy groups -OCH3 is 1. The molecule has 1 aromatic heterocycles. The Morgan fingerprint density at radius 3 is 2.83 bits per heavy atom. The van der Waals surface area contributed by atoms with Gasteiger partial charge in [0.05, 0.1) is 17.3 Å².